The van der Waals surface area contributed by atoms with Crippen molar-refractivity contribution in [2.24, 2.45) is 11.3 Å². The van der Waals surface area contributed by atoms with Crippen LogP contribution in [0.15, 0.2) is 54.6 Å². The Labute approximate surface area is 145 Å². The molecule has 0 radical (unpaired) electrons. The third-order valence-corrected chi connectivity index (χ3v) is 4.48. The second-order valence-electron chi connectivity index (χ2n) is 7.60. The van der Waals surface area contributed by atoms with Crippen molar-refractivity contribution in [3.05, 3.63) is 71.3 Å². The van der Waals surface area contributed by atoms with E-state index in [1.165, 1.54) is 11.1 Å². The van der Waals surface area contributed by atoms with Gasteiger partial charge in [0.15, 0.2) is 0 Å². The summed E-state index contributed by atoms with van der Waals surface area (Å²) >= 11 is 0. The molecule has 0 saturated carbocycles. The molecule has 2 aromatic carbocycles. The van der Waals surface area contributed by atoms with E-state index in [2.05, 4.69) is 52.0 Å². The zero-order valence-corrected chi connectivity index (χ0v) is 15.2. The van der Waals surface area contributed by atoms with Gasteiger partial charge in [-0.25, -0.2) is 0 Å². The number of carbonyl (C=O) groups excluding carboxylic acids is 1. The maximum Gasteiger partial charge on any atom is 0.306 e. The van der Waals surface area contributed by atoms with Gasteiger partial charge in [-0.15, -0.1) is 0 Å². The molecule has 0 aliphatic carbocycles. The summed E-state index contributed by atoms with van der Waals surface area (Å²) in [5, 5.41) is 0. The van der Waals surface area contributed by atoms with Crippen LogP contribution >= 0.6 is 0 Å². The van der Waals surface area contributed by atoms with E-state index in [-0.39, 0.29) is 17.3 Å². The van der Waals surface area contributed by atoms with Gasteiger partial charge in [-0.1, -0.05) is 80.9 Å². The summed E-state index contributed by atoms with van der Waals surface area (Å²) in [5.74, 6) is 0.134. The molecule has 2 nitrogen and oxygen atoms in total. The Morgan fingerprint density at radius 2 is 1.58 bits per heavy atom. The highest BCUT2D eigenvalue weighted by atomic mass is 16.5. The normalized spacial score (nSPS) is 12.7. The Balaban J connectivity index is 1.95. The lowest BCUT2D eigenvalue weighted by Gasteiger charge is -2.30. The SMILES string of the molecule is Cc1ccc(C[C@H](CC(=O)OCc2ccccc2)C(C)(C)C)cc1. The molecular formula is C22H28O2. The van der Waals surface area contributed by atoms with Gasteiger partial charge in [-0.3, -0.25) is 4.79 Å². The smallest absolute Gasteiger partial charge is 0.306 e. The van der Waals surface area contributed by atoms with Crippen molar-refractivity contribution in [3.63, 3.8) is 0 Å². The standard InChI is InChI=1S/C22H28O2/c1-17-10-12-18(13-11-17)14-20(22(2,3)4)15-21(23)24-16-19-8-6-5-7-9-19/h5-13,20H,14-16H2,1-4H3/t20-/m1/s1. The van der Waals surface area contributed by atoms with Crippen LogP contribution in [0.3, 0.4) is 0 Å². The third-order valence-electron chi connectivity index (χ3n) is 4.48. The molecule has 0 heterocycles. The largest absolute Gasteiger partial charge is 0.461 e. The lowest BCUT2D eigenvalue weighted by atomic mass is 9.75. The average molecular weight is 324 g/mol. The number of ether oxygens (including phenoxy) is 1. The monoisotopic (exact) mass is 324 g/mol. The lowest BCUT2D eigenvalue weighted by molar-refractivity contribution is -0.147. The predicted molar refractivity (Wildman–Crippen MR) is 98.7 cm³/mol. The summed E-state index contributed by atoms with van der Waals surface area (Å²) in [7, 11) is 0. The van der Waals surface area contributed by atoms with Crippen molar-refractivity contribution in [3.8, 4) is 0 Å². The van der Waals surface area contributed by atoms with Crippen LogP contribution in [0.2, 0.25) is 0 Å². The van der Waals surface area contributed by atoms with Crippen LogP contribution < -0.4 is 0 Å². The van der Waals surface area contributed by atoms with Crippen LogP contribution in [0.5, 0.6) is 0 Å². The minimum atomic E-state index is -0.120. The van der Waals surface area contributed by atoms with E-state index in [0.717, 1.165) is 12.0 Å². The second-order valence-corrected chi connectivity index (χ2v) is 7.60. The van der Waals surface area contributed by atoms with Gasteiger partial charge in [-0.05, 0) is 35.8 Å². The number of rotatable bonds is 6. The lowest BCUT2D eigenvalue weighted by Crippen LogP contribution is -2.26. The Bertz CT molecular complexity index is 636. The average Bonchev–Trinajstić information content (AvgIpc) is 2.54. The molecule has 0 amide bonds. The highest BCUT2D eigenvalue weighted by Gasteiger charge is 2.27. The highest BCUT2D eigenvalue weighted by Crippen LogP contribution is 2.32. The van der Waals surface area contributed by atoms with Crippen molar-refractivity contribution in [1.82, 2.24) is 0 Å². The molecule has 2 aromatic rings. The van der Waals surface area contributed by atoms with Gasteiger partial charge in [-0.2, -0.15) is 0 Å². The molecule has 0 N–H and O–H groups in total. The first-order valence-electron chi connectivity index (χ1n) is 8.59. The van der Waals surface area contributed by atoms with Crippen LogP contribution in [0, 0.1) is 18.3 Å². The summed E-state index contributed by atoms with van der Waals surface area (Å²) in [6.45, 7) is 9.01. The minimum absolute atomic E-state index is 0.0522. The zero-order chi connectivity index (χ0) is 17.6. The molecule has 0 aromatic heterocycles. The van der Waals surface area contributed by atoms with Gasteiger partial charge in [0, 0.05) is 6.42 Å². The summed E-state index contributed by atoms with van der Waals surface area (Å²) in [4.78, 5) is 12.3. The first kappa shape index (κ1) is 18.3. The van der Waals surface area contributed by atoms with Gasteiger partial charge < -0.3 is 4.74 Å². The number of hydrogen-bond acceptors (Lipinski definition) is 2. The molecule has 128 valence electrons. The Kier molecular flexibility index (Phi) is 6.19. The van der Waals surface area contributed by atoms with Crippen LogP contribution in [0.1, 0.15) is 43.9 Å². The fourth-order valence-electron chi connectivity index (χ4n) is 2.69. The van der Waals surface area contributed by atoms with Crippen LogP contribution in [-0.2, 0) is 22.6 Å². The summed E-state index contributed by atoms with van der Waals surface area (Å²) < 4.78 is 5.47. The van der Waals surface area contributed by atoms with Crippen molar-refractivity contribution in [1.29, 1.82) is 0 Å². The fraction of sp³-hybridized carbons (Fsp3) is 0.409. The predicted octanol–water partition coefficient (Wildman–Crippen LogP) is 5.33. The van der Waals surface area contributed by atoms with E-state index in [1.54, 1.807) is 0 Å². The van der Waals surface area contributed by atoms with Crippen LogP contribution in [0.4, 0.5) is 0 Å². The molecule has 0 saturated heterocycles. The topological polar surface area (TPSA) is 26.3 Å². The molecule has 1 atom stereocenters. The molecule has 0 spiro atoms. The van der Waals surface area contributed by atoms with E-state index >= 15 is 0 Å². The second kappa shape index (κ2) is 8.14. The van der Waals surface area contributed by atoms with Crippen molar-refractivity contribution >= 4 is 5.97 Å². The summed E-state index contributed by atoms with van der Waals surface area (Å²) in [6, 6.07) is 18.4. The molecular weight excluding hydrogens is 296 g/mol. The van der Waals surface area contributed by atoms with Gasteiger partial charge >= 0.3 is 5.97 Å². The van der Waals surface area contributed by atoms with E-state index in [0.29, 0.717) is 13.0 Å². The Hall–Kier alpha value is -2.09. The van der Waals surface area contributed by atoms with Gasteiger partial charge in [0.2, 0.25) is 0 Å². The molecule has 0 unspecified atom stereocenters. The van der Waals surface area contributed by atoms with E-state index in [4.69, 9.17) is 4.74 Å². The summed E-state index contributed by atoms with van der Waals surface area (Å²) in [5.41, 5.74) is 3.61. The third kappa shape index (κ3) is 5.84. The number of benzene rings is 2. The first-order chi connectivity index (χ1) is 11.3. The molecule has 0 bridgehead atoms. The minimum Gasteiger partial charge on any atom is -0.461 e. The molecule has 24 heavy (non-hydrogen) atoms. The van der Waals surface area contributed by atoms with Crippen LogP contribution in [0.25, 0.3) is 0 Å². The number of hydrogen-bond donors (Lipinski definition) is 0. The first-order valence-corrected chi connectivity index (χ1v) is 8.59. The molecule has 0 aliphatic rings. The van der Waals surface area contributed by atoms with Gasteiger partial charge in [0.25, 0.3) is 0 Å². The fourth-order valence-corrected chi connectivity index (χ4v) is 2.69. The maximum atomic E-state index is 12.3. The maximum absolute atomic E-state index is 12.3. The zero-order valence-electron chi connectivity index (χ0n) is 15.2. The molecule has 0 fully saturated rings. The van der Waals surface area contributed by atoms with E-state index in [9.17, 15) is 4.79 Å². The van der Waals surface area contributed by atoms with Crippen molar-refractivity contribution in [2.75, 3.05) is 0 Å². The quantitative estimate of drug-likeness (QED) is 0.671. The summed E-state index contributed by atoms with van der Waals surface area (Å²) in [6.07, 6.45) is 1.34. The molecule has 2 rings (SSSR count). The van der Waals surface area contributed by atoms with Gasteiger partial charge in [0.1, 0.15) is 6.61 Å². The Morgan fingerprint density at radius 1 is 0.958 bits per heavy atom. The van der Waals surface area contributed by atoms with Crippen LogP contribution in [-0.4, -0.2) is 5.97 Å². The van der Waals surface area contributed by atoms with E-state index < -0.39 is 0 Å². The number of esters is 1. The highest BCUT2D eigenvalue weighted by molar-refractivity contribution is 5.69. The molecule has 0 aliphatic heterocycles. The Morgan fingerprint density at radius 3 is 2.17 bits per heavy atom. The molecule has 2 heteroatoms. The van der Waals surface area contributed by atoms with Gasteiger partial charge in [0.05, 0.1) is 0 Å². The number of carbonyl (C=O) groups is 1. The van der Waals surface area contributed by atoms with E-state index in [1.807, 2.05) is 30.3 Å². The number of aryl methyl sites for hydroxylation is 1. The van der Waals surface area contributed by atoms with Crippen molar-refractivity contribution in [2.45, 2.75) is 47.1 Å². The van der Waals surface area contributed by atoms with Crippen molar-refractivity contribution < 1.29 is 9.53 Å².